The molecule has 0 spiro atoms. The van der Waals surface area contributed by atoms with Gasteiger partial charge in [-0.25, -0.2) is 15.0 Å². The zero-order chi connectivity index (χ0) is 37.9. The van der Waals surface area contributed by atoms with Gasteiger partial charge in [-0.2, -0.15) is 0 Å². The summed E-state index contributed by atoms with van der Waals surface area (Å²) < 4.78 is 4.95. The predicted molar refractivity (Wildman–Crippen MR) is 243 cm³/mol. The maximum absolute atomic E-state index is 5.39. The van der Waals surface area contributed by atoms with E-state index in [2.05, 4.69) is 168 Å². The molecular formula is C53H30N4S. The van der Waals surface area contributed by atoms with Crippen molar-refractivity contribution in [3.63, 3.8) is 0 Å². The second kappa shape index (κ2) is 12.0. The first kappa shape index (κ1) is 31.7. The number of hydrogen-bond donors (Lipinski definition) is 0. The van der Waals surface area contributed by atoms with Crippen LogP contribution in [-0.2, 0) is 0 Å². The predicted octanol–water partition coefficient (Wildman–Crippen LogP) is 14.3. The number of aromatic nitrogens is 4. The molecule has 1 aliphatic rings. The van der Waals surface area contributed by atoms with E-state index in [0.29, 0.717) is 17.5 Å². The Bertz CT molecular complexity index is 3690. The lowest BCUT2D eigenvalue weighted by Crippen LogP contribution is -2.04. The quantitative estimate of drug-likeness (QED) is 0.180. The Hall–Kier alpha value is -7.47. The Kier molecular flexibility index (Phi) is 6.57. The number of nitrogens with zero attached hydrogens (tertiary/aromatic N) is 4. The van der Waals surface area contributed by atoms with Crippen LogP contribution in [-0.4, -0.2) is 19.5 Å². The van der Waals surface area contributed by atoms with Crippen LogP contribution in [0.5, 0.6) is 0 Å². The monoisotopic (exact) mass is 754 g/mol. The smallest absolute Gasteiger partial charge is 0.166 e. The Morgan fingerprint density at radius 1 is 0.362 bits per heavy atom. The molecule has 0 N–H and O–H groups in total. The lowest BCUT2D eigenvalue weighted by Gasteiger charge is -2.17. The SMILES string of the molecule is c1ccc(-c2nc(-c3ccc4ccccc4c3)nc(-c3ccc4c(sc5ccccc54)c3-n3c4cccc5c4c4c6c(cccc6ccc43)-c3ccccc3-5)n2)cc1. The molecule has 3 heterocycles. The highest BCUT2D eigenvalue weighted by atomic mass is 32.1. The largest absolute Gasteiger partial charge is 0.307 e. The van der Waals surface area contributed by atoms with E-state index in [0.717, 1.165) is 38.8 Å². The van der Waals surface area contributed by atoms with Crippen molar-refractivity contribution in [1.82, 2.24) is 19.5 Å². The van der Waals surface area contributed by atoms with Gasteiger partial charge < -0.3 is 4.57 Å². The molecule has 268 valence electrons. The zero-order valence-electron chi connectivity index (χ0n) is 31.0. The van der Waals surface area contributed by atoms with Gasteiger partial charge in [-0.3, -0.25) is 0 Å². The van der Waals surface area contributed by atoms with E-state index in [4.69, 9.17) is 15.0 Å². The third-order valence-corrected chi connectivity index (χ3v) is 13.2. The maximum Gasteiger partial charge on any atom is 0.166 e. The second-order valence-electron chi connectivity index (χ2n) is 15.1. The van der Waals surface area contributed by atoms with E-state index >= 15 is 0 Å². The first-order valence-electron chi connectivity index (χ1n) is 19.6. The molecule has 12 aromatic rings. The molecule has 1 aliphatic carbocycles. The summed E-state index contributed by atoms with van der Waals surface area (Å²) in [6.07, 6.45) is 0. The molecule has 0 fully saturated rings. The minimum atomic E-state index is 0.636. The lowest BCUT2D eigenvalue weighted by molar-refractivity contribution is 1.07. The van der Waals surface area contributed by atoms with Gasteiger partial charge in [0.1, 0.15) is 0 Å². The first-order chi connectivity index (χ1) is 28.8. The highest BCUT2D eigenvalue weighted by Gasteiger charge is 2.28. The molecule has 3 aromatic heterocycles. The van der Waals surface area contributed by atoms with Gasteiger partial charge in [0.15, 0.2) is 17.5 Å². The van der Waals surface area contributed by atoms with Crippen molar-refractivity contribution in [1.29, 1.82) is 0 Å². The molecule has 0 saturated heterocycles. The van der Waals surface area contributed by atoms with Crippen LogP contribution >= 0.6 is 11.3 Å². The number of thiophene rings is 1. The van der Waals surface area contributed by atoms with Gasteiger partial charge in [0.05, 0.1) is 21.4 Å². The van der Waals surface area contributed by atoms with Gasteiger partial charge in [0.25, 0.3) is 0 Å². The molecule has 5 heteroatoms. The maximum atomic E-state index is 5.39. The zero-order valence-corrected chi connectivity index (χ0v) is 31.8. The van der Waals surface area contributed by atoms with Crippen molar-refractivity contribution in [3.05, 3.63) is 182 Å². The minimum Gasteiger partial charge on any atom is -0.307 e. The van der Waals surface area contributed by atoms with Crippen molar-refractivity contribution in [2.75, 3.05) is 0 Å². The van der Waals surface area contributed by atoms with Crippen LogP contribution < -0.4 is 0 Å². The van der Waals surface area contributed by atoms with E-state index in [1.165, 1.54) is 69.4 Å². The van der Waals surface area contributed by atoms with E-state index in [-0.39, 0.29) is 0 Å². The van der Waals surface area contributed by atoms with Crippen molar-refractivity contribution in [2.24, 2.45) is 0 Å². The second-order valence-corrected chi connectivity index (χ2v) is 16.2. The molecule has 9 aromatic carbocycles. The molecule has 13 rings (SSSR count). The standard InChI is InChI=1S/C53H30N4S/c1-2-13-33(14-3-1)51-54-52(35-25-24-31-12-4-5-15-34(31)30-35)56-53(55-51)42-28-27-41-38-19-8-9-23-45(38)58-50(41)49(42)57-43-22-11-21-40-37-18-7-6-17-36(37)39-20-10-16-32-26-29-44(57)48(46(32)39)47(40)43/h1-30H. The molecule has 0 aliphatic heterocycles. The van der Waals surface area contributed by atoms with E-state index < -0.39 is 0 Å². The Balaban J connectivity index is 1.19. The van der Waals surface area contributed by atoms with Gasteiger partial charge in [0.2, 0.25) is 0 Å². The van der Waals surface area contributed by atoms with Gasteiger partial charge in [-0.1, -0.05) is 152 Å². The van der Waals surface area contributed by atoms with Gasteiger partial charge in [-0.05, 0) is 74.1 Å². The van der Waals surface area contributed by atoms with Gasteiger partial charge >= 0.3 is 0 Å². The van der Waals surface area contributed by atoms with Crippen LogP contribution in [0.15, 0.2) is 182 Å². The number of benzene rings is 9. The van der Waals surface area contributed by atoms with Crippen molar-refractivity contribution in [3.8, 4) is 62.1 Å². The Labute approximate surface area is 337 Å². The Morgan fingerprint density at radius 3 is 1.86 bits per heavy atom. The molecule has 0 amide bonds. The number of hydrogen-bond acceptors (Lipinski definition) is 4. The third kappa shape index (κ3) is 4.47. The van der Waals surface area contributed by atoms with Crippen LogP contribution in [0, 0.1) is 0 Å². The summed E-state index contributed by atoms with van der Waals surface area (Å²) in [4.78, 5) is 15.9. The summed E-state index contributed by atoms with van der Waals surface area (Å²) in [6, 6.07) is 65.4. The number of rotatable bonds is 4. The number of fused-ring (bicyclic) bond motifs is 7. The average molecular weight is 755 g/mol. The van der Waals surface area contributed by atoms with Crippen LogP contribution in [0.1, 0.15) is 0 Å². The van der Waals surface area contributed by atoms with E-state index in [9.17, 15) is 0 Å². The van der Waals surface area contributed by atoms with E-state index in [1.807, 2.05) is 29.5 Å². The topological polar surface area (TPSA) is 43.6 Å². The summed E-state index contributed by atoms with van der Waals surface area (Å²) in [5.74, 6) is 1.92. The fourth-order valence-electron chi connectivity index (χ4n) is 9.42. The summed E-state index contributed by atoms with van der Waals surface area (Å²) in [5.41, 5.74) is 11.3. The molecule has 0 unspecified atom stereocenters. The molecule has 0 radical (unpaired) electrons. The van der Waals surface area contributed by atoms with Crippen LogP contribution in [0.2, 0.25) is 0 Å². The summed E-state index contributed by atoms with van der Waals surface area (Å²) in [7, 11) is 0. The summed E-state index contributed by atoms with van der Waals surface area (Å²) >= 11 is 1.84. The molecular weight excluding hydrogens is 725 g/mol. The van der Waals surface area contributed by atoms with Gasteiger partial charge in [0, 0.05) is 42.9 Å². The minimum absolute atomic E-state index is 0.636. The van der Waals surface area contributed by atoms with Gasteiger partial charge in [-0.15, -0.1) is 11.3 Å². The normalized spacial score (nSPS) is 12.1. The molecule has 0 bridgehead atoms. The fraction of sp³-hybridized carbons (Fsp3) is 0. The highest BCUT2D eigenvalue weighted by molar-refractivity contribution is 7.26. The third-order valence-electron chi connectivity index (χ3n) is 12.0. The molecule has 58 heavy (non-hydrogen) atoms. The average Bonchev–Trinajstić information content (AvgIpc) is 3.80. The highest BCUT2D eigenvalue weighted by Crippen LogP contribution is 2.51. The molecule has 0 atom stereocenters. The van der Waals surface area contributed by atoms with Crippen molar-refractivity contribution < 1.29 is 0 Å². The summed E-state index contributed by atoms with van der Waals surface area (Å²) in [6.45, 7) is 0. The fourth-order valence-corrected chi connectivity index (χ4v) is 10.7. The first-order valence-corrected chi connectivity index (χ1v) is 20.4. The van der Waals surface area contributed by atoms with E-state index in [1.54, 1.807) is 0 Å². The van der Waals surface area contributed by atoms with Crippen LogP contribution in [0.25, 0.3) is 126 Å². The Morgan fingerprint density at radius 2 is 1.00 bits per heavy atom. The molecule has 0 saturated carbocycles. The molecule has 4 nitrogen and oxygen atoms in total. The van der Waals surface area contributed by atoms with Crippen LogP contribution in [0.4, 0.5) is 0 Å². The van der Waals surface area contributed by atoms with Crippen LogP contribution in [0.3, 0.4) is 0 Å². The van der Waals surface area contributed by atoms with Crippen molar-refractivity contribution in [2.45, 2.75) is 0 Å². The lowest BCUT2D eigenvalue weighted by atomic mass is 9.93. The van der Waals surface area contributed by atoms with Crippen molar-refractivity contribution >= 4 is 74.9 Å². The summed E-state index contributed by atoms with van der Waals surface area (Å²) in [5, 5.41) is 9.86.